The molecule has 2 aromatic heterocycles. The molecule has 4 rings (SSSR count). The van der Waals surface area contributed by atoms with Crippen molar-refractivity contribution in [3.8, 4) is 45.9 Å². The summed E-state index contributed by atoms with van der Waals surface area (Å²) in [6.07, 6.45) is -0.505. The average Bonchev–Trinajstić information content (AvgIpc) is 3.64. The van der Waals surface area contributed by atoms with Gasteiger partial charge in [-0.05, 0) is 79.6 Å². The van der Waals surface area contributed by atoms with Gasteiger partial charge in [0.1, 0.15) is 30.3 Å². The Morgan fingerprint density at radius 1 is 0.761 bits per heavy atom. The fourth-order valence-electron chi connectivity index (χ4n) is 3.42. The summed E-state index contributed by atoms with van der Waals surface area (Å²) in [5, 5.41) is 10.2. The number of carbonyl (C=O) groups is 3. The number of nitrogens with zero attached hydrogens (tertiary/aromatic N) is 2. The van der Waals surface area contributed by atoms with E-state index in [0.717, 1.165) is 11.1 Å². The Labute approximate surface area is 271 Å². The molecule has 0 atom stereocenters. The second kappa shape index (κ2) is 18.0. The zero-order chi connectivity index (χ0) is 32.8. The Balaban J connectivity index is 0.000000328. The van der Waals surface area contributed by atoms with E-state index in [-0.39, 0.29) is 37.5 Å². The molecule has 14 nitrogen and oxygen atoms in total. The first-order valence-corrected chi connectivity index (χ1v) is 13.9. The van der Waals surface area contributed by atoms with Crippen LogP contribution in [0, 0.1) is 0 Å². The van der Waals surface area contributed by atoms with E-state index in [4.69, 9.17) is 38.5 Å². The summed E-state index contributed by atoms with van der Waals surface area (Å²) in [7, 11) is 0. The van der Waals surface area contributed by atoms with E-state index in [2.05, 4.69) is 15.6 Å². The van der Waals surface area contributed by atoms with Gasteiger partial charge in [-0.25, -0.2) is 4.79 Å². The number of hydrogen-bond donors (Lipinski definition) is 2. The van der Waals surface area contributed by atoms with Crippen molar-refractivity contribution in [2.75, 3.05) is 26.3 Å². The number of carbonyl (C=O) groups excluding carboxylic acids is 3. The van der Waals surface area contributed by atoms with Crippen molar-refractivity contribution >= 4 is 30.4 Å². The van der Waals surface area contributed by atoms with E-state index in [1.165, 1.54) is 13.8 Å². The topological polar surface area (TPSA) is 187 Å². The predicted octanol–water partition coefficient (Wildman–Crippen LogP) is 5.20. The highest BCUT2D eigenvalue weighted by Gasteiger charge is 2.16. The zero-order valence-electron chi connectivity index (χ0n) is 26.1. The number of alkyl carbamates (subject to hydrolysis) is 1. The number of nitrogens with two attached hydrogens (primary N) is 1. The zero-order valence-corrected chi connectivity index (χ0v) is 26.9. The minimum Gasteiger partial charge on any atom is -0.474 e. The van der Waals surface area contributed by atoms with Crippen molar-refractivity contribution in [1.82, 2.24) is 15.6 Å². The van der Waals surface area contributed by atoms with Crippen LogP contribution in [0.2, 0.25) is 0 Å². The van der Waals surface area contributed by atoms with Crippen molar-refractivity contribution in [3.63, 3.8) is 0 Å². The van der Waals surface area contributed by atoms with Gasteiger partial charge in [0.25, 0.3) is 11.8 Å². The van der Waals surface area contributed by atoms with E-state index >= 15 is 0 Å². The second-order valence-electron chi connectivity index (χ2n) is 10.2. The third kappa shape index (κ3) is 13.3. The third-order valence-electron chi connectivity index (χ3n) is 5.17. The molecule has 248 valence electrons. The smallest absolute Gasteiger partial charge is 0.407 e. The maximum atomic E-state index is 11.5. The molecule has 4 aromatic rings. The summed E-state index contributed by atoms with van der Waals surface area (Å²) in [5.41, 5.74) is 6.35. The van der Waals surface area contributed by atoms with E-state index in [9.17, 15) is 14.4 Å². The first-order valence-electron chi connectivity index (χ1n) is 13.9. The van der Waals surface area contributed by atoms with Gasteiger partial charge in [0.15, 0.2) is 11.5 Å². The number of hydrogen-bond acceptors (Lipinski definition) is 13. The average molecular weight is 661 g/mol. The van der Waals surface area contributed by atoms with Gasteiger partial charge >= 0.3 is 18.0 Å². The number of amides is 1. The molecule has 0 saturated heterocycles. The standard InChI is InChI=1S/C18H22N2O6.C13H14N2O4.ClH/c1-12(21)24-14-7-5-13(6-8-14)15-11-16(20-26-15)23-10-9-19-17(22)25-18(2,3)4;1-9(16)18-11-4-2-10(3-5-11)12-8-13(15-19-12)17-7-6-14;/h5-8,11H,9-10H2,1-4H3,(H,19,22);2-5,8H,6-7,14H2,1H3;1H. The van der Waals surface area contributed by atoms with E-state index < -0.39 is 11.7 Å². The molecule has 0 saturated carbocycles. The summed E-state index contributed by atoms with van der Waals surface area (Å²) < 4.78 is 36.0. The first kappa shape index (κ1) is 37.1. The summed E-state index contributed by atoms with van der Waals surface area (Å²) >= 11 is 0. The van der Waals surface area contributed by atoms with Gasteiger partial charge in [-0.1, -0.05) is 0 Å². The van der Waals surface area contributed by atoms with Crippen LogP contribution in [-0.4, -0.2) is 60.2 Å². The minimum atomic E-state index is -0.545. The molecule has 0 fully saturated rings. The second-order valence-corrected chi connectivity index (χ2v) is 10.2. The maximum Gasteiger partial charge on any atom is 0.407 e. The van der Waals surface area contributed by atoms with Gasteiger partial charge in [-0.3, -0.25) is 9.59 Å². The van der Waals surface area contributed by atoms with Crippen molar-refractivity contribution in [2.45, 2.75) is 40.2 Å². The SMILES string of the molecule is CC(=O)Oc1ccc(-c2cc(OCCN)no2)cc1.CC(=O)Oc1ccc(-c2cc(OCCNC(=O)OC(C)(C)C)no2)cc1.Cl. The molecule has 0 aliphatic rings. The molecule has 0 unspecified atom stereocenters. The Bertz CT molecular complexity index is 1530. The Morgan fingerprint density at radius 3 is 1.59 bits per heavy atom. The predicted molar refractivity (Wildman–Crippen MR) is 168 cm³/mol. The maximum absolute atomic E-state index is 11.5. The van der Waals surface area contributed by atoms with Crippen LogP contribution in [-0.2, 0) is 14.3 Å². The molecular weight excluding hydrogens is 624 g/mol. The minimum absolute atomic E-state index is 0. The van der Waals surface area contributed by atoms with Gasteiger partial charge < -0.3 is 43.8 Å². The van der Waals surface area contributed by atoms with Crippen LogP contribution in [0.3, 0.4) is 0 Å². The van der Waals surface area contributed by atoms with Crippen molar-refractivity contribution in [1.29, 1.82) is 0 Å². The summed E-state index contributed by atoms with van der Waals surface area (Å²) in [5.74, 6) is 1.97. The molecule has 2 heterocycles. The van der Waals surface area contributed by atoms with Gasteiger partial charge in [-0.15, -0.1) is 12.4 Å². The molecule has 0 aliphatic carbocycles. The highest BCUT2D eigenvalue weighted by molar-refractivity contribution is 5.85. The molecule has 0 radical (unpaired) electrons. The van der Waals surface area contributed by atoms with Crippen molar-refractivity contribution in [3.05, 3.63) is 60.7 Å². The molecule has 3 N–H and O–H groups in total. The summed E-state index contributed by atoms with van der Waals surface area (Å²) in [6, 6.07) is 17.0. The highest BCUT2D eigenvalue weighted by atomic mass is 35.5. The van der Waals surface area contributed by atoms with E-state index in [1.807, 2.05) is 0 Å². The fourth-order valence-corrected chi connectivity index (χ4v) is 3.42. The Morgan fingerprint density at radius 2 is 1.20 bits per heavy atom. The van der Waals surface area contributed by atoms with Crippen LogP contribution in [0.5, 0.6) is 23.3 Å². The van der Waals surface area contributed by atoms with Gasteiger partial charge in [0.05, 0.1) is 6.54 Å². The molecule has 15 heteroatoms. The van der Waals surface area contributed by atoms with Crippen LogP contribution < -0.4 is 30.0 Å². The monoisotopic (exact) mass is 660 g/mol. The molecule has 0 aliphatic heterocycles. The van der Waals surface area contributed by atoms with Crippen LogP contribution in [0.25, 0.3) is 22.6 Å². The molecular formula is C31H37ClN4O10. The number of benzene rings is 2. The normalized spacial score (nSPS) is 10.4. The number of aromatic nitrogens is 2. The number of nitrogens with one attached hydrogen (secondary N) is 1. The molecule has 0 spiro atoms. The molecule has 2 aromatic carbocycles. The largest absolute Gasteiger partial charge is 0.474 e. The van der Waals surface area contributed by atoms with Gasteiger partial charge in [0, 0.05) is 43.7 Å². The van der Waals surface area contributed by atoms with Crippen molar-refractivity contribution < 1.29 is 47.1 Å². The highest BCUT2D eigenvalue weighted by Crippen LogP contribution is 2.27. The fraction of sp³-hybridized carbons (Fsp3) is 0.323. The third-order valence-corrected chi connectivity index (χ3v) is 5.17. The number of rotatable bonds is 11. The molecule has 46 heavy (non-hydrogen) atoms. The first-order chi connectivity index (χ1) is 21.4. The van der Waals surface area contributed by atoms with Crippen molar-refractivity contribution in [2.24, 2.45) is 5.73 Å². The van der Waals surface area contributed by atoms with Gasteiger partial charge in [-0.2, -0.15) is 0 Å². The number of esters is 2. The Kier molecular flexibility index (Phi) is 14.5. The number of ether oxygens (including phenoxy) is 5. The molecule has 0 bridgehead atoms. The van der Waals surface area contributed by atoms with E-state index in [0.29, 0.717) is 47.9 Å². The molecule has 1 amide bonds. The van der Waals surface area contributed by atoms with Crippen LogP contribution in [0.4, 0.5) is 4.79 Å². The quantitative estimate of drug-likeness (QED) is 0.121. The Hall–Kier alpha value is -5.08. The lowest BCUT2D eigenvalue weighted by Crippen LogP contribution is -2.34. The van der Waals surface area contributed by atoms with Crippen LogP contribution >= 0.6 is 12.4 Å². The van der Waals surface area contributed by atoms with Gasteiger partial charge in [0.2, 0.25) is 0 Å². The number of halogens is 1. The lowest BCUT2D eigenvalue weighted by Gasteiger charge is -2.19. The summed E-state index contributed by atoms with van der Waals surface area (Å²) in [6.45, 7) is 9.36. The lowest BCUT2D eigenvalue weighted by molar-refractivity contribution is -0.132. The van der Waals surface area contributed by atoms with E-state index in [1.54, 1.807) is 81.4 Å². The lowest BCUT2D eigenvalue weighted by atomic mass is 10.2. The van der Waals surface area contributed by atoms with Crippen LogP contribution in [0.15, 0.2) is 69.7 Å². The summed E-state index contributed by atoms with van der Waals surface area (Å²) in [4.78, 5) is 33.2. The van der Waals surface area contributed by atoms with Crippen LogP contribution in [0.1, 0.15) is 34.6 Å².